The predicted molar refractivity (Wildman–Crippen MR) is 75.3 cm³/mol. The van der Waals surface area contributed by atoms with Crippen molar-refractivity contribution >= 4 is 11.8 Å². The van der Waals surface area contributed by atoms with Gasteiger partial charge in [-0.25, -0.2) is 0 Å². The highest BCUT2D eigenvalue weighted by molar-refractivity contribution is 8.00. The molecule has 100 valence electrons. The Balaban J connectivity index is 2.20. The van der Waals surface area contributed by atoms with E-state index in [0.717, 1.165) is 37.4 Å². The predicted octanol–water partition coefficient (Wildman–Crippen LogP) is 2.99. The summed E-state index contributed by atoms with van der Waals surface area (Å²) >= 11 is 1.91. The van der Waals surface area contributed by atoms with Crippen LogP contribution in [0.5, 0.6) is 5.75 Å². The van der Waals surface area contributed by atoms with E-state index in [1.165, 1.54) is 4.90 Å². The van der Waals surface area contributed by atoms with Crippen molar-refractivity contribution in [1.82, 2.24) is 0 Å². The molecule has 2 rings (SSSR count). The molecule has 4 heteroatoms. The summed E-state index contributed by atoms with van der Waals surface area (Å²) in [4.78, 5) is 1.25. The Kier molecular flexibility index (Phi) is 4.92. The Bertz CT molecular complexity index is 389. The molecule has 3 nitrogen and oxygen atoms in total. The van der Waals surface area contributed by atoms with Crippen molar-refractivity contribution in [2.45, 2.75) is 36.0 Å². The third-order valence-corrected chi connectivity index (χ3v) is 4.58. The fourth-order valence-electron chi connectivity index (χ4n) is 2.23. The fraction of sp³-hybridized carbons (Fsp3) is 0.571. The largest absolute Gasteiger partial charge is 0.496 e. The molecule has 1 aliphatic rings. The van der Waals surface area contributed by atoms with Gasteiger partial charge in [-0.2, -0.15) is 0 Å². The molecule has 1 aliphatic heterocycles. The summed E-state index contributed by atoms with van der Waals surface area (Å²) in [6, 6.07) is 6.14. The summed E-state index contributed by atoms with van der Waals surface area (Å²) in [6.45, 7) is 3.75. The minimum absolute atomic E-state index is 0.0107. The highest BCUT2D eigenvalue weighted by Crippen LogP contribution is 2.38. The van der Waals surface area contributed by atoms with Crippen LogP contribution < -0.4 is 10.5 Å². The molecule has 0 aliphatic carbocycles. The van der Waals surface area contributed by atoms with Gasteiger partial charge in [0, 0.05) is 35.0 Å². The van der Waals surface area contributed by atoms with Crippen LogP contribution in [0.3, 0.4) is 0 Å². The maximum Gasteiger partial charge on any atom is 0.124 e. The summed E-state index contributed by atoms with van der Waals surface area (Å²) < 4.78 is 10.8. The second-order valence-corrected chi connectivity index (χ2v) is 5.93. The zero-order chi connectivity index (χ0) is 13.0. The van der Waals surface area contributed by atoms with Crippen LogP contribution in [-0.2, 0) is 4.74 Å². The Labute approximate surface area is 113 Å². The van der Waals surface area contributed by atoms with E-state index < -0.39 is 0 Å². The fourth-order valence-corrected chi connectivity index (χ4v) is 3.58. The minimum Gasteiger partial charge on any atom is -0.496 e. The number of nitrogens with two attached hydrogens (primary N) is 1. The molecular formula is C14H21NO2S. The van der Waals surface area contributed by atoms with Crippen molar-refractivity contribution in [3.63, 3.8) is 0 Å². The van der Waals surface area contributed by atoms with Crippen molar-refractivity contribution in [2.24, 2.45) is 5.73 Å². The first-order valence-corrected chi connectivity index (χ1v) is 7.27. The molecule has 1 atom stereocenters. The topological polar surface area (TPSA) is 44.5 Å². The number of hydrogen-bond donors (Lipinski definition) is 1. The Morgan fingerprint density at radius 2 is 2.11 bits per heavy atom. The van der Waals surface area contributed by atoms with E-state index in [1.807, 2.05) is 30.8 Å². The molecular weight excluding hydrogens is 246 g/mol. The quantitative estimate of drug-likeness (QED) is 0.911. The number of rotatable bonds is 4. The Morgan fingerprint density at radius 1 is 1.39 bits per heavy atom. The molecule has 0 spiro atoms. The van der Waals surface area contributed by atoms with E-state index in [2.05, 4.69) is 6.07 Å². The highest BCUT2D eigenvalue weighted by atomic mass is 32.2. The molecule has 1 aromatic carbocycles. The van der Waals surface area contributed by atoms with Gasteiger partial charge in [0.15, 0.2) is 0 Å². The zero-order valence-electron chi connectivity index (χ0n) is 11.0. The summed E-state index contributed by atoms with van der Waals surface area (Å²) in [6.07, 6.45) is 2.22. The van der Waals surface area contributed by atoms with Crippen LogP contribution >= 0.6 is 11.8 Å². The first kappa shape index (κ1) is 13.7. The average molecular weight is 267 g/mol. The van der Waals surface area contributed by atoms with E-state index in [0.29, 0.717) is 5.25 Å². The molecule has 1 aromatic rings. The van der Waals surface area contributed by atoms with Gasteiger partial charge in [0.2, 0.25) is 0 Å². The monoisotopic (exact) mass is 267 g/mol. The third-order valence-electron chi connectivity index (χ3n) is 3.16. The maximum atomic E-state index is 6.08. The van der Waals surface area contributed by atoms with Crippen molar-refractivity contribution in [3.05, 3.63) is 23.8 Å². The third kappa shape index (κ3) is 3.19. The smallest absolute Gasteiger partial charge is 0.124 e. The molecule has 0 saturated carbocycles. The SMILES string of the molecule is COc1cccc(SC2CCOCC2)c1[C@H](C)N. The second kappa shape index (κ2) is 6.45. The molecule has 0 aromatic heterocycles. The van der Waals surface area contributed by atoms with Gasteiger partial charge in [-0.1, -0.05) is 6.07 Å². The van der Waals surface area contributed by atoms with E-state index >= 15 is 0 Å². The molecule has 18 heavy (non-hydrogen) atoms. The lowest BCUT2D eigenvalue weighted by molar-refractivity contribution is 0.1000. The number of methoxy groups -OCH3 is 1. The number of ether oxygens (including phenoxy) is 2. The van der Waals surface area contributed by atoms with Crippen LogP contribution in [0.2, 0.25) is 0 Å². The van der Waals surface area contributed by atoms with Crippen LogP contribution in [0.15, 0.2) is 23.1 Å². The van der Waals surface area contributed by atoms with Crippen molar-refractivity contribution in [3.8, 4) is 5.75 Å². The molecule has 2 N–H and O–H groups in total. The van der Waals surface area contributed by atoms with Crippen molar-refractivity contribution < 1.29 is 9.47 Å². The lowest BCUT2D eigenvalue weighted by Crippen LogP contribution is -2.18. The van der Waals surface area contributed by atoms with Gasteiger partial charge >= 0.3 is 0 Å². The van der Waals surface area contributed by atoms with Crippen LogP contribution in [0, 0.1) is 0 Å². The molecule has 0 radical (unpaired) electrons. The van der Waals surface area contributed by atoms with Gasteiger partial charge in [-0.15, -0.1) is 11.8 Å². The van der Waals surface area contributed by atoms with E-state index in [9.17, 15) is 0 Å². The van der Waals surface area contributed by atoms with E-state index in [1.54, 1.807) is 7.11 Å². The first-order chi connectivity index (χ1) is 8.72. The first-order valence-electron chi connectivity index (χ1n) is 6.39. The molecule has 1 heterocycles. The summed E-state index contributed by atoms with van der Waals surface area (Å²) in [5, 5.41) is 0.628. The van der Waals surface area contributed by atoms with Crippen molar-refractivity contribution in [2.75, 3.05) is 20.3 Å². The van der Waals surface area contributed by atoms with Gasteiger partial charge in [0.1, 0.15) is 5.75 Å². The van der Waals surface area contributed by atoms with Gasteiger partial charge in [-0.3, -0.25) is 0 Å². The standard InChI is InChI=1S/C14H21NO2S/c1-10(15)14-12(16-2)4-3-5-13(14)18-11-6-8-17-9-7-11/h3-5,10-11H,6-9,15H2,1-2H3/t10-/m0/s1. The number of hydrogen-bond acceptors (Lipinski definition) is 4. The number of thioether (sulfide) groups is 1. The molecule has 0 unspecified atom stereocenters. The molecule has 0 amide bonds. The van der Waals surface area contributed by atoms with Crippen LogP contribution in [-0.4, -0.2) is 25.6 Å². The van der Waals surface area contributed by atoms with Crippen LogP contribution in [0.1, 0.15) is 31.4 Å². The lowest BCUT2D eigenvalue weighted by Gasteiger charge is -2.24. The molecule has 1 saturated heterocycles. The summed E-state index contributed by atoms with van der Waals surface area (Å²) in [5.41, 5.74) is 7.20. The van der Waals surface area contributed by atoms with Gasteiger partial charge < -0.3 is 15.2 Å². The second-order valence-electron chi connectivity index (χ2n) is 4.59. The number of benzene rings is 1. The van der Waals surface area contributed by atoms with Crippen LogP contribution in [0.25, 0.3) is 0 Å². The summed E-state index contributed by atoms with van der Waals surface area (Å²) in [5.74, 6) is 0.891. The minimum atomic E-state index is -0.0107. The van der Waals surface area contributed by atoms with Crippen molar-refractivity contribution in [1.29, 1.82) is 0 Å². The molecule has 1 fully saturated rings. The van der Waals surface area contributed by atoms with Gasteiger partial charge in [0.25, 0.3) is 0 Å². The van der Waals surface area contributed by atoms with Gasteiger partial charge in [0.05, 0.1) is 7.11 Å². The average Bonchev–Trinajstić information content (AvgIpc) is 2.39. The zero-order valence-corrected chi connectivity index (χ0v) is 11.8. The van der Waals surface area contributed by atoms with E-state index in [4.69, 9.17) is 15.2 Å². The molecule has 0 bridgehead atoms. The van der Waals surface area contributed by atoms with Gasteiger partial charge in [-0.05, 0) is 31.9 Å². The highest BCUT2D eigenvalue weighted by Gasteiger charge is 2.19. The lowest BCUT2D eigenvalue weighted by atomic mass is 10.1. The van der Waals surface area contributed by atoms with E-state index in [-0.39, 0.29) is 6.04 Å². The maximum absolute atomic E-state index is 6.08. The normalized spacial score (nSPS) is 18.6. The Hall–Kier alpha value is -0.710. The Morgan fingerprint density at radius 3 is 2.72 bits per heavy atom. The van der Waals surface area contributed by atoms with Crippen LogP contribution in [0.4, 0.5) is 0 Å². The summed E-state index contributed by atoms with van der Waals surface area (Å²) in [7, 11) is 1.70.